The summed E-state index contributed by atoms with van der Waals surface area (Å²) in [5, 5.41) is 11.5. The maximum absolute atomic E-state index is 17.9. The molecule has 0 spiro atoms. The van der Waals surface area contributed by atoms with Crippen LogP contribution in [0.25, 0.3) is 0 Å². The van der Waals surface area contributed by atoms with Gasteiger partial charge in [-0.1, -0.05) is 75.7 Å². The third kappa shape index (κ3) is 8.29. The SMILES string of the molecule is C=IC(F)(C1=NC=C(C(=C)/C=C\C(=C)N2CCN(c3cccc(=N)cc3)CC2)C=CCC1)C1(CNC=NC)C(C)[C@@H]1C1=CCC(F)=CC(F)=I1. The number of nitrogens with zero attached hydrogens (tertiary/aromatic N) is 4. The number of piperazine rings is 1. The van der Waals surface area contributed by atoms with Gasteiger partial charge in [-0.25, -0.2) is 13.2 Å². The minimum atomic E-state index is -1.79. The molecule has 0 aromatic heterocycles. The standard InChI is InChI=1S/C39H45F3I2N6/c1-27(13-14-28(2)49-19-21-50(22-20-49)33-11-8-10-32(45)16-17-33)30-9-6-7-12-35(48-24-30)39(42,43-4)38(25-47-26-46-5)29(3)37(38)34-18-15-31(40)23-36(41)44-34/h6,8-11,13-14,16-18,23-24,26,29,37,45H,1-2,4,7,12,15,19-22,25H2,3,5H3,(H,46,47)/b9-6?,14-13-,30-24?,45-32?,48-35?/t29?,37-,38?,39?/m1/s1. The maximum atomic E-state index is 17.9. The molecule has 1 aromatic carbocycles. The van der Waals surface area contributed by atoms with Gasteiger partial charge in [0.2, 0.25) is 3.68 Å². The normalized spacial score (nSPS) is 25.5. The van der Waals surface area contributed by atoms with Gasteiger partial charge >= 0.3 is 0 Å². The molecule has 1 aromatic rings. The van der Waals surface area contributed by atoms with Crippen LogP contribution in [0.15, 0.2) is 122 Å². The van der Waals surface area contributed by atoms with Crippen molar-refractivity contribution in [3.63, 3.8) is 0 Å². The zero-order valence-corrected chi connectivity index (χ0v) is 32.9. The molecule has 11 heteroatoms. The highest BCUT2D eigenvalue weighted by Gasteiger charge is 2.74. The van der Waals surface area contributed by atoms with Crippen LogP contribution in [-0.2, 0) is 0 Å². The van der Waals surface area contributed by atoms with E-state index in [4.69, 9.17) is 10.4 Å². The third-order valence-electron chi connectivity index (χ3n) is 9.84. The van der Waals surface area contributed by atoms with Gasteiger partial charge in [-0.15, -0.1) is 0 Å². The van der Waals surface area contributed by atoms with Crippen molar-refractivity contribution in [3.05, 3.63) is 118 Å². The van der Waals surface area contributed by atoms with Crippen molar-refractivity contribution in [3.8, 4) is 0 Å². The molecule has 5 rings (SSSR count). The van der Waals surface area contributed by atoms with Crippen molar-refractivity contribution < 1.29 is 13.2 Å². The topological polar surface area (TPSA) is 67.1 Å². The molecule has 266 valence electrons. The van der Waals surface area contributed by atoms with Crippen molar-refractivity contribution in [2.75, 3.05) is 44.7 Å². The molecule has 0 radical (unpaired) electrons. The Balaban J connectivity index is 1.33. The molecule has 4 aliphatic rings. The van der Waals surface area contributed by atoms with Gasteiger partial charge in [-0.2, -0.15) is 0 Å². The average Bonchev–Trinajstić information content (AvgIpc) is 3.80. The number of halogens is 5. The van der Waals surface area contributed by atoms with Gasteiger partial charge < -0.3 is 20.5 Å². The lowest BCUT2D eigenvalue weighted by atomic mass is 9.89. The lowest BCUT2D eigenvalue weighted by Crippen LogP contribution is -2.46. The lowest BCUT2D eigenvalue weighted by molar-refractivity contribution is 0.234. The van der Waals surface area contributed by atoms with Crippen LogP contribution in [0.1, 0.15) is 26.2 Å². The van der Waals surface area contributed by atoms with Crippen LogP contribution in [0.5, 0.6) is 0 Å². The molecule has 2 fully saturated rings. The van der Waals surface area contributed by atoms with Gasteiger partial charge in [-0.05, 0) is 84.6 Å². The van der Waals surface area contributed by atoms with E-state index in [0.717, 1.165) is 58.4 Å². The van der Waals surface area contributed by atoms with Crippen LogP contribution in [0, 0.1) is 22.7 Å². The molecule has 1 saturated heterocycles. The van der Waals surface area contributed by atoms with Crippen molar-refractivity contribution in [1.29, 1.82) is 5.41 Å². The number of anilines is 1. The minimum absolute atomic E-state index is 0.0289. The fourth-order valence-corrected chi connectivity index (χ4v) is 12.5. The van der Waals surface area contributed by atoms with E-state index < -0.39 is 60.1 Å². The quantitative estimate of drug-likeness (QED) is 0.0729. The lowest BCUT2D eigenvalue weighted by Gasteiger charge is -2.37. The molecule has 0 amide bonds. The van der Waals surface area contributed by atoms with E-state index in [2.05, 4.69) is 37.8 Å². The molecule has 1 aliphatic carbocycles. The van der Waals surface area contributed by atoms with E-state index in [9.17, 15) is 8.78 Å². The summed E-state index contributed by atoms with van der Waals surface area (Å²) in [4.78, 5) is 13.4. The van der Waals surface area contributed by atoms with E-state index >= 15 is 4.39 Å². The molecule has 2 N–H and O–H groups in total. The molecular formula is C39H45F3I2N6. The summed E-state index contributed by atoms with van der Waals surface area (Å²) in [5.41, 5.74) is 3.08. The zero-order valence-electron chi connectivity index (χ0n) is 28.6. The van der Waals surface area contributed by atoms with Gasteiger partial charge in [0.05, 0.1) is 17.4 Å². The predicted molar refractivity (Wildman–Crippen MR) is 222 cm³/mol. The average molecular weight is 909 g/mol. The minimum Gasteiger partial charge on any atom is -0.376 e. The molecule has 4 atom stereocenters. The Morgan fingerprint density at radius 3 is 2.72 bits per heavy atom. The zero-order chi connectivity index (χ0) is 35.9. The van der Waals surface area contributed by atoms with E-state index in [1.165, 1.54) is 0 Å². The van der Waals surface area contributed by atoms with Crippen molar-refractivity contribution in [1.82, 2.24) is 10.2 Å². The highest BCUT2D eigenvalue weighted by Crippen LogP contribution is 2.73. The maximum Gasteiger partial charge on any atom is 0.201 e. The van der Waals surface area contributed by atoms with Crippen molar-refractivity contribution in [2.24, 2.45) is 27.2 Å². The van der Waals surface area contributed by atoms with Gasteiger partial charge in [0.1, 0.15) is 5.83 Å². The number of alkyl halides is 2. The summed E-state index contributed by atoms with van der Waals surface area (Å²) < 4.78 is 49.6. The molecule has 6 nitrogen and oxygen atoms in total. The van der Waals surface area contributed by atoms with Crippen LogP contribution in [-0.4, -0.2) is 68.7 Å². The first-order valence-corrected chi connectivity index (χ1v) is 21.4. The van der Waals surface area contributed by atoms with Crippen molar-refractivity contribution in [2.45, 2.75) is 29.9 Å². The van der Waals surface area contributed by atoms with Crippen LogP contribution in [0.4, 0.5) is 18.9 Å². The summed E-state index contributed by atoms with van der Waals surface area (Å²) in [7, 11) is 1.65. The van der Waals surface area contributed by atoms with E-state index in [0.29, 0.717) is 30.5 Å². The monoisotopic (exact) mass is 908 g/mol. The fraction of sp³-hybridized carbons (Fsp3) is 0.359. The Labute approximate surface area is 313 Å². The Bertz CT molecular complexity index is 1820. The second-order valence-corrected chi connectivity index (χ2v) is 17.8. The number of rotatable bonds is 12. The number of aliphatic imine (C=N–C) groups is 2. The number of allylic oxidation sites excluding steroid dienone is 10. The molecular weight excluding hydrogens is 863 g/mol. The van der Waals surface area contributed by atoms with E-state index in [-0.39, 0.29) is 18.3 Å². The second-order valence-electron chi connectivity index (χ2n) is 12.7. The largest absolute Gasteiger partial charge is 0.376 e. The van der Waals surface area contributed by atoms with Crippen molar-refractivity contribution >= 4 is 67.5 Å². The van der Waals surface area contributed by atoms with Crippen LogP contribution in [0.3, 0.4) is 0 Å². The van der Waals surface area contributed by atoms with E-state index in [1.807, 2.05) is 55.5 Å². The Kier molecular flexibility index (Phi) is 12.8. The van der Waals surface area contributed by atoms with Gasteiger partial charge in [0, 0.05) is 81.2 Å². The fourth-order valence-electron chi connectivity index (χ4n) is 6.99. The first kappa shape index (κ1) is 38.0. The van der Waals surface area contributed by atoms with Gasteiger partial charge in [0.15, 0.2) is 3.76 Å². The van der Waals surface area contributed by atoms with Gasteiger partial charge in [-0.3, -0.25) is 9.98 Å². The molecule has 1 saturated carbocycles. The molecule has 3 heterocycles. The van der Waals surface area contributed by atoms with Crippen LogP contribution < -0.4 is 15.6 Å². The van der Waals surface area contributed by atoms with Crippen LogP contribution >= 0.6 is 41.5 Å². The highest BCUT2D eigenvalue weighted by molar-refractivity contribution is 14.2. The summed E-state index contributed by atoms with van der Waals surface area (Å²) in [6, 6.07) is 9.55. The Hall–Kier alpha value is -3.20. The van der Waals surface area contributed by atoms with Gasteiger partial charge in [0.25, 0.3) is 0 Å². The number of nitrogens with one attached hydrogen (secondary N) is 2. The Morgan fingerprint density at radius 2 is 1.98 bits per heavy atom. The highest BCUT2D eigenvalue weighted by atomic mass is 127. The summed E-state index contributed by atoms with van der Waals surface area (Å²) in [6.07, 6.45) is 15.0. The first-order valence-electron chi connectivity index (χ1n) is 16.6. The third-order valence-corrected chi connectivity index (χ3v) is 15.1. The molecule has 0 bridgehead atoms. The predicted octanol–water partition coefficient (Wildman–Crippen LogP) is 8.37. The summed E-state index contributed by atoms with van der Waals surface area (Å²) in [5.74, 6) is -0.856. The molecule has 50 heavy (non-hydrogen) atoms. The Morgan fingerprint density at radius 1 is 1.20 bits per heavy atom. The molecule has 3 unspecified atom stereocenters. The second kappa shape index (κ2) is 16.9. The van der Waals surface area contributed by atoms with Crippen LogP contribution in [0.2, 0.25) is 0 Å². The summed E-state index contributed by atoms with van der Waals surface area (Å²) >= 11 is -2.50. The molecule has 3 aliphatic heterocycles. The van der Waals surface area contributed by atoms with E-state index in [1.54, 1.807) is 31.7 Å². The summed E-state index contributed by atoms with van der Waals surface area (Å²) in [6.45, 7) is 14.2. The first-order chi connectivity index (χ1) is 24.0. The number of hydrogen-bond acceptors (Lipinski definition) is 5. The number of hydrogen-bond donors (Lipinski definition) is 2. The smallest absolute Gasteiger partial charge is 0.201 e.